The molecule has 0 spiro atoms. The van der Waals surface area contributed by atoms with Gasteiger partial charge in [0.1, 0.15) is 0 Å². The van der Waals surface area contributed by atoms with Crippen molar-refractivity contribution in [3.63, 3.8) is 0 Å². The SMILES string of the molecule is CC(C)(C)[C@@H](Cl)CCC(=O)Cl. The first-order valence-corrected chi connectivity index (χ1v) is 4.48. The summed E-state index contributed by atoms with van der Waals surface area (Å²) in [7, 11) is 0. The van der Waals surface area contributed by atoms with Crippen LogP contribution in [0.25, 0.3) is 0 Å². The number of hydrogen-bond acceptors (Lipinski definition) is 1. The van der Waals surface area contributed by atoms with Crippen molar-refractivity contribution >= 4 is 28.4 Å². The molecular formula is C8H14Cl2O. The highest BCUT2D eigenvalue weighted by molar-refractivity contribution is 6.63. The zero-order valence-electron chi connectivity index (χ0n) is 7.16. The van der Waals surface area contributed by atoms with Crippen molar-refractivity contribution in [3.8, 4) is 0 Å². The Morgan fingerprint density at radius 1 is 1.45 bits per heavy atom. The minimum Gasteiger partial charge on any atom is -0.281 e. The minimum absolute atomic E-state index is 0.0187. The fourth-order valence-electron chi connectivity index (χ4n) is 0.673. The van der Waals surface area contributed by atoms with Gasteiger partial charge in [-0.1, -0.05) is 20.8 Å². The smallest absolute Gasteiger partial charge is 0.221 e. The molecule has 0 aromatic carbocycles. The monoisotopic (exact) mass is 196 g/mol. The number of carbonyl (C=O) groups is 1. The molecule has 0 N–H and O–H groups in total. The topological polar surface area (TPSA) is 17.1 Å². The second-order valence-corrected chi connectivity index (χ2v) is 4.68. The molecule has 0 saturated carbocycles. The van der Waals surface area contributed by atoms with E-state index in [1.165, 1.54) is 0 Å². The van der Waals surface area contributed by atoms with Gasteiger partial charge in [0, 0.05) is 11.8 Å². The largest absolute Gasteiger partial charge is 0.281 e. The standard InChI is InChI=1S/C8H14Cl2O/c1-8(2,3)6(9)4-5-7(10)11/h6H,4-5H2,1-3H3/t6-/m0/s1. The highest BCUT2D eigenvalue weighted by Crippen LogP contribution is 2.27. The molecule has 0 aromatic rings. The summed E-state index contributed by atoms with van der Waals surface area (Å²) in [6.07, 6.45) is 1.03. The number of rotatable bonds is 3. The zero-order valence-corrected chi connectivity index (χ0v) is 8.67. The number of hydrogen-bond donors (Lipinski definition) is 0. The van der Waals surface area contributed by atoms with Gasteiger partial charge in [-0.05, 0) is 23.4 Å². The Morgan fingerprint density at radius 3 is 2.18 bits per heavy atom. The summed E-state index contributed by atoms with van der Waals surface area (Å²) < 4.78 is 0. The second kappa shape index (κ2) is 4.32. The summed E-state index contributed by atoms with van der Waals surface area (Å²) in [6, 6.07) is 0. The number of carbonyl (C=O) groups excluding carboxylic acids is 1. The maximum Gasteiger partial charge on any atom is 0.221 e. The molecule has 0 saturated heterocycles. The third-order valence-electron chi connectivity index (χ3n) is 1.53. The van der Waals surface area contributed by atoms with E-state index in [1.54, 1.807) is 0 Å². The van der Waals surface area contributed by atoms with Crippen molar-refractivity contribution in [1.82, 2.24) is 0 Å². The van der Waals surface area contributed by atoms with Gasteiger partial charge in [-0.3, -0.25) is 4.79 Å². The molecule has 0 rings (SSSR count). The van der Waals surface area contributed by atoms with E-state index in [4.69, 9.17) is 23.2 Å². The second-order valence-electron chi connectivity index (χ2n) is 3.73. The zero-order chi connectivity index (χ0) is 9.07. The lowest BCUT2D eigenvalue weighted by Gasteiger charge is -2.24. The molecule has 1 atom stereocenters. The van der Waals surface area contributed by atoms with Crippen LogP contribution in [-0.2, 0) is 4.79 Å². The van der Waals surface area contributed by atoms with Crippen molar-refractivity contribution in [2.24, 2.45) is 5.41 Å². The average molecular weight is 197 g/mol. The van der Waals surface area contributed by atoms with Crippen LogP contribution in [-0.4, -0.2) is 10.6 Å². The molecule has 11 heavy (non-hydrogen) atoms. The van der Waals surface area contributed by atoms with Crippen LogP contribution >= 0.6 is 23.2 Å². The number of halogens is 2. The highest BCUT2D eigenvalue weighted by atomic mass is 35.5. The summed E-state index contributed by atoms with van der Waals surface area (Å²) in [4.78, 5) is 10.4. The Balaban J connectivity index is 3.70. The summed E-state index contributed by atoms with van der Waals surface area (Å²) in [5, 5.41) is -0.287. The maximum atomic E-state index is 10.4. The Kier molecular flexibility index (Phi) is 4.42. The van der Waals surface area contributed by atoms with Gasteiger partial charge in [0.2, 0.25) is 5.24 Å². The molecule has 0 unspecified atom stereocenters. The third-order valence-corrected chi connectivity index (χ3v) is 2.60. The van der Waals surface area contributed by atoms with E-state index in [9.17, 15) is 4.79 Å². The van der Waals surface area contributed by atoms with Gasteiger partial charge in [0.05, 0.1) is 0 Å². The Bertz CT molecular complexity index is 138. The first-order valence-electron chi connectivity index (χ1n) is 3.66. The molecule has 3 heteroatoms. The van der Waals surface area contributed by atoms with Crippen molar-refractivity contribution < 1.29 is 4.79 Å². The molecule has 0 aliphatic carbocycles. The van der Waals surface area contributed by atoms with Crippen molar-refractivity contribution in [2.45, 2.75) is 39.0 Å². The van der Waals surface area contributed by atoms with E-state index in [1.807, 2.05) is 20.8 Å². The van der Waals surface area contributed by atoms with Crippen LogP contribution in [0.3, 0.4) is 0 Å². The normalized spacial score (nSPS) is 14.6. The van der Waals surface area contributed by atoms with E-state index < -0.39 is 0 Å². The van der Waals surface area contributed by atoms with Gasteiger partial charge in [-0.2, -0.15) is 0 Å². The lowest BCUT2D eigenvalue weighted by molar-refractivity contribution is -0.111. The molecule has 0 aliphatic rings. The predicted octanol–water partition coefficient (Wildman–Crippen LogP) is 3.19. The van der Waals surface area contributed by atoms with Gasteiger partial charge in [0.15, 0.2) is 0 Å². The van der Waals surface area contributed by atoms with E-state index in [-0.39, 0.29) is 16.0 Å². The molecule has 0 aromatic heterocycles. The molecule has 1 nitrogen and oxygen atoms in total. The van der Waals surface area contributed by atoms with Crippen LogP contribution in [0.1, 0.15) is 33.6 Å². The quantitative estimate of drug-likeness (QED) is 0.501. The van der Waals surface area contributed by atoms with Crippen LogP contribution in [0, 0.1) is 5.41 Å². The molecule has 0 amide bonds. The van der Waals surface area contributed by atoms with Crippen LogP contribution in [0.5, 0.6) is 0 Å². The molecule has 0 aliphatic heterocycles. The van der Waals surface area contributed by atoms with E-state index >= 15 is 0 Å². The van der Waals surface area contributed by atoms with Crippen molar-refractivity contribution in [1.29, 1.82) is 0 Å². The van der Waals surface area contributed by atoms with Gasteiger partial charge < -0.3 is 0 Å². The predicted molar refractivity (Wildman–Crippen MR) is 49.2 cm³/mol. The highest BCUT2D eigenvalue weighted by Gasteiger charge is 2.22. The summed E-state index contributed by atoms with van der Waals surface area (Å²) in [5.74, 6) is 0. The lowest BCUT2D eigenvalue weighted by atomic mass is 9.89. The van der Waals surface area contributed by atoms with Crippen LogP contribution in [0.4, 0.5) is 0 Å². The summed E-state index contributed by atoms with van der Waals surface area (Å²) in [5.41, 5.74) is 0.0495. The molecule has 0 radical (unpaired) electrons. The van der Waals surface area contributed by atoms with E-state index in [0.717, 1.165) is 0 Å². The van der Waals surface area contributed by atoms with E-state index in [2.05, 4.69) is 0 Å². The van der Waals surface area contributed by atoms with Crippen molar-refractivity contribution in [2.75, 3.05) is 0 Å². The summed E-state index contributed by atoms with van der Waals surface area (Å²) >= 11 is 11.2. The Morgan fingerprint density at radius 2 is 1.91 bits per heavy atom. The molecule has 0 bridgehead atoms. The molecule has 66 valence electrons. The van der Waals surface area contributed by atoms with Crippen LogP contribution in [0.2, 0.25) is 0 Å². The molecule has 0 heterocycles. The van der Waals surface area contributed by atoms with Gasteiger partial charge >= 0.3 is 0 Å². The fraction of sp³-hybridized carbons (Fsp3) is 0.875. The van der Waals surface area contributed by atoms with Gasteiger partial charge in [-0.25, -0.2) is 0 Å². The number of alkyl halides is 1. The summed E-state index contributed by atoms with van der Waals surface area (Å²) in [6.45, 7) is 6.14. The maximum absolute atomic E-state index is 10.4. The minimum atomic E-state index is -0.306. The van der Waals surface area contributed by atoms with Gasteiger partial charge in [0.25, 0.3) is 0 Å². The van der Waals surface area contributed by atoms with Gasteiger partial charge in [-0.15, -0.1) is 11.6 Å². The molecular weight excluding hydrogens is 183 g/mol. The van der Waals surface area contributed by atoms with Crippen molar-refractivity contribution in [3.05, 3.63) is 0 Å². The fourth-order valence-corrected chi connectivity index (χ4v) is 0.891. The Labute approximate surface area is 78.1 Å². The first kappa shape index (κ1) is 11.2. The van der Waals surface area contributed by atoms with E-state index in [0.29, 0.717) is 12.8 Å². The molecule has 0 fully saturated rings. The van der Waals surface area contributed by atoms with Crippen LogP contribution in [0.15, 0.2) is 0 Å². The first-order chi connectivity index (χ1) is 4.84. The average Bonchev–Trinajstić information content (AvgIpc) is 1.80. The van der Waals surface area contributed by atoms with Crippen LogP contribution < -0.4 is 0 Å². The lowest BCUT2D eigenvalue weighted by Crippen LogP contribution is -2.20. The third kappa shape index (κ3) is 5.51. The Hall–Kier alpha value is 0.250.